The van der Waals surface area contributed by atoms with Gasteiger partial charge in [-0.2, -0.15) is 0 Å². The first-order valence-electron chi connectivity index (χ1n) is 13.4. The summed E-state index contributed by atoms with van der Waals surface area (Å²) in [7, 11) is 0. The Kier molecular flexibility index (Phi) is 8.26. The highest BCUT2D eigenvalue weighted by Gasteiger charge is 2.42. The Balaban J connectivity index is 1.28. The number of benzene rings is 1. The molecule has 5 rings (SSSR count). The van der Waals surface area contributed by atoms with Gasteiger partial charge in [0.25, 0.3) is 5.91 Å². The van der Waals surface area contributed by atoms with Gasteiger partial charge in [-0.05, 0) is 49.9 Å². The summed E-state index contributed by atoms with van der Waals surface area (Å²) in [6.07, 6.45) is 8.25. The first-order valence-corrected chi connectivity index (χ1v) is 14.3. The molecule has 9 nitrogen and oxygen atoms in total. The Bertz CT molecular complexity index is 1240. The molecule has 1 fully saturated rings. The fraction of sp³-hybridized carbons (Fsp3) is 0.464. The summed E-state index contributed by atoms with van der Waals surface area (Å²) in [5.41, 5.74) is 1.48. The van der Waals surface area contributed by atoms with Crippen LogP contribution in [-0.4, -0.2) is 51.0 Å². The van der Waals surface area contributed by atoms with Crippen LogP contribution in [-0.2, 0) is 20.9 Å². The van der Waals surface area contributed by atoms with Gasteiger partial charge in [-0.3, -0.25) is 19.4 Å². The number of carbonyl (C=O) groups excluding carboxylic acids is 3. The van der Waals surface area contributed by atoms with Crippen LogP contribution in [0.15, 0.2) is 57.1 Å². The maximum absolute atomic E-state index is 13.6. The topological polar surface area (TPSA) is 116 Å². The Morgan fingerprint density at radius 2 is 1.97 bits per heavy atom. The number of fused-ring (bicyclic) bond motifs is 3. The Labute approximate surface area is 226 Å². The third-order valence-corrected chi connectivity index (χ3v) is 8.41. The van der Waals surface area contributed by atoms with Gasteiger partial charge in [0.15, 0.2) is 5.17 Å². The van der Waals surface area contributed by atoms with Crippen LogP contribution in [0.5, 0.6) is 0 Å². The quantitative estimate of drug-likeness (QED) is 0.497. The average molecular weight is 536 g/mol. The summed E-state index contributed by atoms with van der Waals surface area (Å²) in [5.74, 6) is 0.805. The number of amidine groups is 2. The van der Waals surface area contributed by atoms with Crippen LogP contribution in [0.2, 0.25) is 0 Å². The number of carbonyl (C=O) groups is 3. The molecular formula is C28H33N5O4S. The third kappa shape index (κ3) is 5.85. The molecule has 3 aliphatic rings. The van der Waals surface area contributed by atoms with Crippen molar-refractivity contribution in [3.63, 3.8) is 0 Å². The van der Waals surface area contributed by atoms with E-state index in [1.54, 1.807) is 18.4 Å². The maximum Gasteiger partial charge on any atom is 0.259 e. The normalized spacial score (nSPS) is 19.8. The zero-order valence-corrected chi connectivity index (χ0v) is 22.3. The predicted octanol–water partition coefficient (Wildman–Crippen LogP) is 4.30. The molecule has 0 radical (unpaired) electrons. The van der Waals surface area contributed by atoms with Crippen molar-refractivity contribution in [3.05, 3.63) is 54.0 Å². The van der Waals surface area contributed by atoms with Crippen LogP contribution in [0.3, 0.4) is 0 Å². The molecule has 1 aromatic carbocycles. The van der Waals surface area contributed by atoms with Crippen molar-refractivity contribution in [3.8, 4) is 0 Å². The molecule has 0 saturated heterocycles. The summed E-state index contributed by atoms with van der Waals surface area (Å²) in [5, 5.41) is 6.00. The van der Waals surface area contributed by atoms with Gasteiger partial charge >= 0.3 is 0 Å². The van der Waals surface area contributed by atoms with Crippen molar-refractivity contribution in [1.82, 2.24) is 15.5 Å². The predicted molar refractivity (Wildman–Crippen MR) is 147 cm³/mol. The second-order valence-corrected chi connectivity index (χ2v) is 11.0. The SMILES string of the molecule is CC[C@@H](SC1=Nc2ccccc2C2=N[C@H](CCC(=O)NC3CCCCC3)C(=O)N12)C(=O)NCc1ccco1. The van der Waals surface area contributed by atoms with Crippen LogP contribution in [0.4, 0.5) is 5.69 Å². The number of hydrogen-bond donors (Lipinski definition) is 2. The summed E-state index contributed by atoms with van der Waals surface area (Å²) in [4.78, 5) is 50.1. The minimum absolute atomic E-state index is 0.0299. The number of aliphatic imine (C=N–C) groups is 2. The molecule has 2 N–H and O–H groups in total. The van der Waals surface area contributed by atoms with E-state index in [4.69, 9.17) is 14.4 Å². The number of nitrogens with zero attached hydrogens (tertiary/aromatic N) is 3. The van der Waals surface area contributed by atoms with Gasteiger partial charge in [-0.15, -0.1) is 0 Å². The van der Waals surface area contributed by atoms with Gasteiger partial charge in [-0.25, -0.2) is 9.89 Å². The van der Waals surface area contributed by atoms with Crippen molar-refractivity contribution in [2.75, 3.05) is 0 Å². The molecule has 2 atom stereocenters. The lowest BCUT2D eigenvalue weighted by Gasteiger charge is -2.27. The number of thioether (sulfide) groups is 1. The highest BCUT2D eigenvalue weighted by molar-refractivity contribution is 8.15. The van der Waals surface area contributed by atoms with E-state index in [2.05, 4.69) is 10.6 Å². The molecule has 0 bridgehead atoms. The van der Waals surface area contributed by atoms with E-state index in [1.807, 2.05) is 31.2 Å². The van der Waals surface area contributed by atoms with Gasteiger partial charge in [0.1, 0.15) is 17.6 Å². The molecule has 1 saturated carbocycles. The summed E-state index contributed by atoms with van der Waals surface area (Å²) in [6.45, 7) is 2.22. The van der Waals surface area contributed by atoms with E-state index in [-0.39, 0.29) is 30.2 Å². The zero-order valence-electron chi connectivity index (χ0n) is 21.5. The number of para-hydroxylation sites is 1. The summed E-state index contributed by atoms with van der Waals surface area (Å²) >= 11 is 1.26. The van der Waals surface area contributed by atoms with E-state index in [9.17, 15) is 14.4 Å². The molecule has 3 heterocycles. The molecule has 0 spiro atoms. The molecule has 0 unspecified atom stereocenters. The largest absolute Gasteiger partial charge is 0.467 e. The van der Waals surface area contributed by atoms with Crippen molar-refractivity contribution < 1.29 is 18.8 Å². The Hall–Kier alpha value is -3.40. The molecule has 1 aliphatic carbocycles. The number of amides is 3. The van der Waals surface area contributed by atoms with Gasteiger partial charge in [-0.1, -0.05) is 50.1 Å². The van der Waals surface area contributed by atoms with E-state index in [0.29, 0.717) is 41.8 Å². The lowest BCUT2D eigenvalue weighted by atomic mass is 9.95. The monoisotopic (exact) mass is 535 g/mol. The van der Waals surface area contributed by atoms with Crippen molar-refractivity contribution in [2.24, 2.45) is 9.98 Å². The van der Waals surface area contributed by atoms with Crippen molar-refractivity contribution in [2.45, 2.75) is 82.2 Å². The van der Waals surface area contributed by atoms with Crippen LogP contribution in [0.25, 0.3) is 0 Å². The van der Waals surface area contributed by atoms with E-state index >= 15 is 0 Å². The second kappa shape index (κ2) is 12.0. The highest BCUT2D eigenvalue weighted by atomic mass is 32.2. The van der Waals surface area contributed by atoms with Gasteiger partial charge < -0.3 is 15.1 Å². The van der Waals surface area contributed by atoms with E-state index < -0.39 is 11.3 Å². The lowest BCUT2D eigenvalue weighted by molar-refractivity contribution is -0.125. The lowest BCUT2D eigenvalue weighted by Crippen LogP contribution is -2.43. The highest BCUT2D eigenvalue weighted by Crippen LogP contribution is 2.36. The first kappa shape index (κ1) is 26.2. The number of hydrogen-bond acceptors (Lipinski definition) is 7. The minimum atomic E-state index is -0.660. The number of furan rings is 1. The standard InChI is InChI=1S/C28H33N5O4S/c1-2-23(26(35)29-17-19-11-8-16-37-19)38-28-32-21-13-7-6-12-20(21)25-31-22(27(36)33(25)28)14-15-24(34)30-18-9-4-3-5-10-18/h6-8,11-13,16,18,22-23H,2-5,9-10,14-15,17H2,1H3,(H,29,35)(H,30,34)/t22-,23-/m1/s1. The Morgan fingerprint density at radius 1 is 1.16 bits per heavy atom. The summed E-state index contributed by atoms with van der Waals surface area (Å²) < 4.78 is 5.31. The molecule has 38 heavy (non-hydrogen) atoms. The van der Waals surface area contributed by atoms with Crippen molar-refractivity contribution in [1.29, 1.82) is 0 Å². The average Bonchev–Trinajstić information content (AvgIpc) is 3.58. The smallest absolute Gasteiger partial charge is 0.259 e. The van der Waals surface area contributed by atoms with E-state index in [0.717, 1.165) is 31.2 Å². The summed E-state index contributed by atoms with van der Waals surface area (Å²) in [6, 6.07) is 10.7. The van der Waals surface area contributed by atoms with Gasteiger partial charge in [0.05, 0.1) is 23.7 Å². The minimum Gasteiger partial charge on any atom is -0.467 e. The van der Waals surface area contributed by atoms with Crippen molar-refractivity contribution >= 4 is 46.2 Å². The van der Waals surface area contributed by atoms with Crippen LogP contribution < -0.4 is 10.6 Å². The molecular weight excluding hydrogens is 502 g/mol. The first-order chi connectivity index (χ1) is 18.5. The third-order valence-electron chi connectivity index (χ3n) is 7.09. The fourth-order valence-electron chi connectivity index (χ4n) is 5.03. The second-order valence-electron chi connectivity index (χ2n) is 9.81. The van der Waals surface area contributed by atoms with Crippen LogP contribution in [0.1, 0.15) is 69.6 Å². The van der Waals surface area contributed by atoms with Crippen LogP contribution in [0, 0.1) is 0 Å². The molecule has 200 valence electrons. The molecule has 2 aliphatic heterocycles. The zero-order chi connectivity index (χ0) is 26.5. The van der Waals surface area contributed by atoms with Gasteiger partial charge in [0, 0.05) is 18.0 Å². The molecule has 3 amide bonds. The Morgan fingerprint density at radius 3 is 2.74 bits per heavy atom. The molecule has 10 heteroatoms. The van der Waals surface area contributed by atoms with E-state index in [1.165, 1.54) is 23.1 Å². The number of nitrogens with one attached hydrogen (secondary N) is 2. The number of rotatable bonds is 9. The molecule has 1 aromatic heterocycles. The molecule has 2 aromatic rings. The van der Waals surface area contributed by atoms with Gasteiger partial charge in [0.2, 0.25) is 11.8 Å². The maximum atomic E-state index is 13.6. The van der Waals surface area contributed by atoms with Crippen LogP contribution >= 0.6 is 11.8 Å². The fourth-order valence-corrected chi connectivity index (χ4v) is 6.08.